The topological polar surface area (TPSA) is 57.4 Å². The maximum atomic E-state index is 4.87. The second kappa shape index (κ2) is 8.01. The van der Waals surface area contributed by atoms with Crippen molar-refractivity contribution >= 4 is 65.4 Å². The molecular weight excluding hydrogens is 488 g/mol. The van der Waals surface area contributed by atoms with Crippen LogP contribution in [0.25, 0.3) is 87.7 Å². The van der Waals surface area contributed by atoms with E-state index in [0.717, 1.165) is 55.0 Å². The van der Waals surface area contributed by atoms with Gasteiger partial charge in [0.15, 0.2) is 0 Å². The zero-order valence-corrected chi connectivity index (χ0v) is 21.4. The van der Waals surface area contributed by atoms with Crippen LogP contribution in [-0.4, -0.2) is 19.9 Å². The van der Waals surface area contributed by atoms with Gasteiger partial charge in [-0.15, -0.1) is 0 Å². The average Bonchev–Trinajstić information content (AvgIpc) is 3.59. The molecule has 0 fully saturated rings. The van der Waals surface area contributed by atoms with Crippen LogP contribution < -0.4 is 0 Å². The molecule has 186 valence electrons. The van der Waals surface area contributed by atoms with Gasteiger partial charge < -0.3 is 9.97 Å². The lowest BCUT2D eigenvalue weighted by Gasteiger charge is -2.12. The van der Waals surface area contributed by atoms with Crippen molar-refractivity contribution in [3.05, 3.63) is 122 Å². The van der Waals surface area contributed by atoms with Gasteiger partial charge in [-0.1, -0.05) is 84.9 Å². The molecule has 0 bridgehead atoms. The largest absolute Gasteiger partial charge is 0.354 e. The standard InChI is InChI=1S/C36H22N4/c1-3-13-31-23(7-1)27-11-5-9-25(33(27)39-31)21-17-19-37-35-29(21)15-16-30-22(18-20-38-36(30)35)26-10-6-12-28-24-8-2-4-14-32(24)40-34(26)28/h1-20,39-40H. The number of pyridine rings is 2. The molecule has 4 aromatic heterocycles. The minimum Gasteiger partial charge on any atom is -0.354 e. The minimum atomic E-state index is 0.911. The van der Waals surface area contributed by atoms with E-state index in [1.165, 1.54) is 32.7 Å². The van der Waals surface area contributed by atoms with Crippen LogP contribution in [0.4, 0.5) is 0 Å². The van der Waals surface area contributed by atoms with Gasteiger partial charge in [-0.2, -0.15) is 0 Å². The number of nitrogens with zero attached hydrogens (tertiary/aromatic N) is 2. The molecule has 0 aliphatic rings. The summed E-state index contributed by atoms with van der Waals surface area (Å²) in [7, 11) is 0. The second-order valence-electron chi connectivity index (χ2n) is 10.4. The number of para-hydroxylation sites is 4. The highest BCUT2D eigenvalue weighted by Gasteiger charge is 2.17. The van der Waals surface area contributed by atoms with Crippen molar-refractivity contribution in [1.82, 2.24) is 19.9 Å². The molecular formula is C36H22N4. The maximum absolute atomic E-state index is 4.87. The summed E-state index contributed by atoms with van der Waals surface area (Å²) in [5.41, 5.74) is 11.0. The lowest BCUT2D eigenvalue weighted by atomic mass is 9.95. The Kier molecular flexibility index (Phi) is 4.30. The number of rotatable bonds is 2. The van der Waals surface area contributed by atoms with E-state index < -0.39 is 0 Å². The first kappa shape index (κ1) is 21.5. The van der Waals surface area contributed by atoms with E-state index >= 15 is 0 Å². The third-order valence-electron chi connectivity index (χ3n) is 8.28. The van der Waals surface area contributed by atoms with E-state index in [2.05, 4.69) is 119 Å². The van der Waals surface area contributed by atoms with Crippen LogP contribution in [0.3, 0.4) is 0 Å². The fraction of sp³-hybridized carbons (Fsp3) is 0. The zero-order valence-electron chi connectivity index (χ0n) is 21.4. The van der Waals surface area contributed by atoms with E-state index in [1.807, 2.05) is 12.4 Å². The van der Waals surface area contributed by atoms with Gasteiger partial charge in [-0.05, 0) is 35.4 Å². The van der Waals surface area contributed by atoms with Gasteiger partial charge in [-0.3, -0.25) is 9.97 Å². The Morgan fingerprint density at radius 2 is 0.800 bits per heavy atom. The lowest BCUT2D eigenvalue weighted by molar-refractivity contribution is 1.37. The van der Waals surface area contributed by atoms with Crippen LogP contribution in [-0.2, 0) is 0 Å². The molecule has 0 saturated carbocycles. The van der Waals surface area contributed by atoms with E-state index in [-0.39, 0.29) is 0 Å². The van der Waals surface area contributed by atoms with Crippen LogP contribution in [0.5, 0.6) is 0 Å². The fourth-order valence-corrected chi connectivity index (χ4v) is 6.49. The first-order valence-electron chi connectivity index (χ1n) is 13.5. The van der Waals surface area contributed by atoms with Crippen LogP contribution >= 0.6 is 0 Å². The van der Waals surface area contributed by atoms with Crippen LogP contribution in [0.2, 0.25) is 0 Å². The Hall–Kier alpha value is -5.48. The van der Waals surface area contributed by atoms with Gasteiger partial charge >= 0.3 is 0 Å². The molecule has 4 nitrogen and oxygen atoms in total. The summed E-state index contributed by atoms with van der Waals surface area (Å²) in [5.74, 6) is 0. The Morgan fingerprint density at radius 3 is 1.30 bits per heavy atom. The molecule has 0 unspecified atom stereocenters. The number of aromatic amines is 2. The van der Waals surface area contributed by atoms with E-state index in [9.17, 15) is 0 Å². The summed E-state index contributed by atoms with van der Waals surface area (Å²) < 4.78 is 0. The molecule has 40 heavy (non-hydrogen) atoms. The summed E-state index contributed by atoms with van der Waals surface area (Å²) in [6.07, 6.45) is 3.82. The maximum Gasteiger partial charge on any atom is 0.0971 e. The molecule has 0 radical (unpaired) electrons. The van der Waals surface area contributed by atoms with E-state index in [1.54, 1.807) is 0 Å². The highest BCUT2D eigenvalue weighted by Crippen LogP contribution is 2.40. The molecule has 5 aromatic carbocycles. The molecule has 4 heterocycles. The first-order chi connectivity index (χ1) is 19.8. The Bertz CT molecular complexity index is 2270. The van der Waals surface area contributed by atoms with Gasteiger partial charge in [0, 0.05) is 66.9 Å². The molecule has 9 rings (SSSR count). The molecule has 0 aliphatic carbocycles. The number of hydrogen-bond acceptors (Lipinski definition) is 2. The number of H-pyrrole nitrogens is 2. The second-order valence-corrected chi connectivity index (χ2v) is 10.4. The summed E-state index contributed by atoms with van der Waals surface area (Å²) in [5, 5.41) is 7.11. The Balaban J connectivity index is 1.31. The highest BCUT2D eigenvalue weighted by atomic mass is 14.7. The number of hydrogen-bond donors (Lipinski definition) is 2. The van der Waals surface area contributed by atoms with Crippen molar-refractivity contribution in [2.75, 3.05) is 0 Å². The summed E-state index contributed by atoms with van der Waals surface area (Å²) >= 11 is 0. The quantitative estimate of drug-likeness (QED) is 0.228. The SMILES string of the molecule is c1ccc2c(c1)[nH]c1c(-c3ccnc4c3ccc3c(-c5cccc6c5[nH]c5ccccc56)ccnc34)cccc12. The molecule has 0 saturated heterocycles. The Morgan fingerprint density at radius 1 is 0.350 bits per heavy atom. The Labute approximate surface area is 228 Å². The van der Waals surface area contributed by atoms with Crippen molar-refractivity contribution in [2.45, 2.75) is 0 Å². The smallest absolute Gasteiger partial charge is 0.0971 e. The molecule has 0 amide bonds. The fourth-order valence-electron chi connectivity index (χ4n) is 6.49. The van der Waals surface area contributed by atoms with E-state index in [4.69, 9.17) is 9.97 Å². The van der Waals surface area contributed by atoms with Crippen molar-refractivity contribution in [2.24, 2.45) is 0 Å². The van der Waals surface area contributed by atoms with Crippen LogP contribution in [0.1, 0.15) is 0 Å². The summed E-state index contributed by atoms with van der Waals surface area (Å²) in [6.45, 7) is 0. The van der Waals surface area contributed by atoms with Gasteiger partial charge in [-0.25, -0.2) is 0 Å². The molecule has 4 heteroatoms. The van der Waals surface area contributed by atoms with Gasteiger partial charge in [0.05, 0.1) is 22.1 Å². The van der Waals surface area contributed by atoms with Crippen molar-refractivity contribution in [1.29, 1.82) is 0 Å². The monoisotopic (exact) mass is 510 g/mol. The molecule has 0 aliphatic heterocycles. The molecule has 9 aromatic rings. The van der Waals surface area contributed by atoms with Crippen molar-refractivity contribution in [3.63, 3.8) is 0 Å². The number of benzene rings is 5. The third-order valence-corrected chi connectivity index (χ3v) is 8.28. The normalized spacial score (nSPS) is 12.0. The van der Waals surface area contributed by atoms with Gasteiger partial charge in [0.25, 0.3) is 0 Å². The average molecular weight is 511 g/mol. The van der Waals surface area contributed by atoms with Crippen molar-refractivity contribution < 1.29 is 0 Å². The zero-order chi connectivity index (χ0) is 26.2. The number of aromatic nitrogens is 4. The lowest BCUT2D eigenvalue weighted by Crippen LogP contribution is -1.91. The summed E-state index contributed by atoms with van der Waals surface area (Å²) in [4.78, 5) is 17.1. The first-order valence-corrected chi connectivity index (χ1v) is 13.5. The number of nitrogens with one attached hydrogen (secondary N) is 2. The summed E-state index contributed by atoms with van der Waals surface area (Å²) in [6, 6.07) is 38.6. The third kappa shape index (κ3) is 2.90. The highest BCUT2D eigenvalue weighted by molar-refractivity contribution is 6.18. The minimum absolute atomic E-state index is 0.911. The van der Waals surface area contributed by atoms with Crippen molar-refractivity contribution in [3.8, 4) is 22.3 Å². The molecule has 0 atom stereocenters. The van der Waals surface area contributed by atoms with E-state index in [0.29, 0.717) is 0 Å². The molecule has 0 spiro atoms. The van der Waals surface area contributed by atoms with Crippen LogP contribution in [0.15, 0.2) is 122 Å². The van der Waals surface area contributed by atoms with Crippen LogP contribution in [0, 0.1) is 0 Å². The number of fused-ring (bicyclic) bond motifs is 9. The predicted molar refractivity (Wildman–Crippen MR) is 167 cm³/mol. The predicted octanol–water partition coefficient (Wildman–Crippen LogP) is 9.39. The van der Waals surface area contributed by atoms with Gasteiger partial charge in [0.1, 0.15) is 0 Å². The molecule has 2 N–H and O–H groups in total. The van der Waals surface area contributed by atoms with Gasteiger partial charge in [0.2, 0.25) is 0 Å².